The van der Waals surface area contributed by atoms with Gasteiger partial charge in [-0.3, -0.25) is 4.68 Å². The van der Waals surface area contributed by atoms with E-state index in [2.05, 4.69) is 74.2 Å². The lowest BCUT2D eigenvalue weighted by Crippen LogP contribution is -2.45. The fraction of sp³-hybridized carbons (Fsp3) is 0.519. The molecule has 2 atom stereocenters. The zero-order valence-corrected chi connectivity index (χ0v) is 21.3. The molecule has 1 aromatic carbocycles. The predicted octanol–water partition coefficient (Wildman–Crippen LogP) is 2.80. The van der Waals surface area contributed by atoms with E-state index in [0.717, 1.165) is 82.3 Å². The van der Waals surface area contributed by atoms with Crippen molar-refractivity contribution in [1.29, 1.82) is 0 Å². The van der Waals surface area contributed by atoms with Gasteiger partial charge in [0, 0.05) is 63.2 Å². The minimum Gasteiger partial charge on any atom is -0.376 e. The van der Waals surface area contributed by atoms with E-state index in [-0.39, 0.29) is 6.10 Å². The van der Waals surface area contributed by atoms with Crippen molar-refractivity contribution in [2.75, 3.05) is 55.4 Å². The van der Waals surface area contributed by atoms with Crippen LogP contribution in [0.5, 0.6) is 0 Å². The van der Waals surface area contributed by atoms with E-state index < -0.39 is 0 Å². The van der Waals surface area contributed by atoms with Gasteiger partial charge in [0.1, 0.15) is 11.6 Å². The first-order chi connectivity index (χ1) is 17.5. The van der Waals surface area contributed by atoms with E-state index >= 15 is 0 Å². The number of nitrogen functional groups attached to an aromatic ring is 1. The summed E-state index contributed by atoms with van der Waals surface area (Å²) in [6.07, 6.45) is 7.63. The van der Waals surface area contributed by atoms with Crippen LogP contribution in [0.25, 0.3) is 11.1 Å². The van der Waals surface area contributed by atoms with Gasteiger partial charge in [0.25, 0.3) is 0 Å². The fourth-order valence-electron chi connectivity index (χ4n) is 5.62. The number of likely N-dealkylation sites (N-methyl/N-ethyl adjacent to an activating group) is 1. The molecule has 5 heterocycles. The number of nitrogens with zero attached hydrogens (tertiary/aromatic N) is 7. The number of benzene rings is 1. The smallest absolute Gasteiger partial charge is 0.223 e. The molecule has 2 N–H and O–H groups in total. The molecular weight excluding hydrogens is 452 g/mol. The molecule has 2 fully saturated rings. The van der Waals surface area contributed by atoms with Crippen LogP contribution in [0.1, 0.15) is 30.9 Å². The van der Waals surface area contributed by atoms with Crippen molar-refractivity contribution >= 4 is 17.6 Å². The van der Waals surface area contributed by atoms with E-state index in [1.54, 1.807) is 0 Å². The Bertz CT molecular complexity index is 1210. The topological polar surface area (TPSA) is 88.6 Å². The highest BCUT2D eigenvalue weighted by molar-refractivity contribution is 5.65. The van der Waals surface area contributed by atoms with Crippen LogP contribution in [0.15, 0.2) is 36.7 Å². The van der Waals surface area contributed by atoms with Gasteiger partial charge in [0.2, 0.25) is 5.95 Å². The number of rotatable bonds is 5. The first-order valence-corrected chi connectivity index (χ1v) is 13.1. The molecule has 2 saturated heterocycles. The second-order valence-corrected chi connectivity index (χ2v) is 10.5. The minimum atomic E-state index is 0.285. The molecule has 6 rings (SSSR count). The quantitative estimate of drug-likeness (QED) is 0.587. The Balaban J connectivity index is 1.23. The van der Waals surface area contributed by atoms with Gasteiger partial charge in [-0.15, -0.1) is 0 Å². The Hall–Kier alpha value is -3.17. The molecule has 0 saturated carbocycles. The molecular formula is C27H36N8O. The number of nitrogens with two attached hydrogens (primary N) is 1. The summed E-state index contributed by atoms with van der Waals surface area (Å²) in [7, 11) is 2.16. The summed E-state index contributed by atoms with van der Waals surface area (Å²) in [6.45, 7) is 8.71. The summed E-state index contributed by atoms with van der Waals surface area (Å²) in [6, 6.07) is 9.26. The number of aromatic nitrogens is 4. The number of hydrogen-bond acceptors (Lipinski definition) is 8. The summed E-state index contributed by atoms with van der Waals surface area (Å²) in [5, 5.41) is 4.60. The van der Waals surface area contributed by atoms with Crippen molar-refractivity contribution in [2.45, 2.75) is 51.4 Å². The van der Waals surface area contributed by atoms with Crippen LogP contribution >= 0.6 is 0 Å². The molecule has 9 nitrogen and oxygen atoms in total. The van der Waals surface area contributed by atoms with Crippen LogP contribution in [0.3, 0.4) is 0 Å². The van der Waals surface area contributed by atoms with Gasteiger partial charge in [-0.1, -0.05) is 12.1 Å². The van der Waals surface area contributed by atoms with Crippen molar-refractivity contribution in [1.82, 2.24) is 24.6 Å². The van der Waals surface area contributed by atoms with Crippen molar-refractivity contribution in [3.63, 3.8) is 0 Å². The molecule has 2 unspecified atom stereocenters. The lowest BCUT2D eigenvalue weighted by molar-refractivity contribution is 0.0940. The molecule has 190 valence electrons. The van der Waals surface area contributed by atoms with Crippen molar-refractivity contribution in [3.8, 4) is 11.1 Å². The monoisotopic (exact) mass is 488 g/mol. The molecule has 36 heavy (non-hydrogen) atoms. The highest BCUT2D eigenvalue weighted by atomic mass is 16.5. The van der Waals surface area contributed by atoms with Crippen LogP contribution < -0.4 is 15.5 Å². The third kappa shape index (κ3) is 4.77. The Kier molecular flexibility index (Phi) is 6.27. The van der Waals surface area contributed by atoms with E-state index in [4.69, 9.17) is 10.5 Å². The van der Waals surface area contributed by atoms with Gasteiger partial charge in [-0.25, -0.2) is 0 Å². The number of fused-ring (bicyclic) bond motifs is 1. The minimum absolute atomic E-state index is 0.285. The zero-order valence-electron chi connectivity index (χ0n) is 21.3. The normalized spacial score (nSPS) is 22.7. The highest BCUT2D eigenvalue weighted by Gasteiger charge is 2.26. The summed E-state index contributed by atoms with van der Waals surface area (Å²) < 4.78 is 7.80. The maximum Gasteiger partial charge on any atom is 0.223 e. The molecule has 2 aromatic heterocycles. The molecule has 3 aliphatic heterocycles. The van der Waals surface area contributed by atoms with Crippen LogP contribution in [-0.2, 0) is 24.2 Å². The predicted molar refractivity (Wildman–Crippen MR) is 142 cm³/mol. The maximum absolute atomic E-state index is 6.20. The van der Waals surface area contributed by atoms with Crippen LogP contribution in [0.2, 0.25) is 0 Å². The Morgan fingerprint density at radius 1 is 1.03 bits per heavy atom. The lowest BCUT2D eigenvalue weighted by Gasteiger charge is -2.37. The van der Waals surface area contributed by atoms with Crippen molar-refractivity contribution in [3.05, 3.63) is 47.8 Å². The van der Waals surface area contributed by atoms with Gasteiger partial charge in [0.05, 0.1) is 18.8 Å². The first kappa shape index (κ1) is 23.2. The molecule has 0 bridgehead atoms. The van der Waals surface area contributed by atoms with E-state index in [9.17, 15) is 0 Å². The molecule has 0 spiro atoms. The summed E-state index contributed by atoms with van der Waals surface area (Å²) in [4.78, 5) is 16.2. The number of piperazine rings is 1. The molecule has 0 radical (unpaired) electrons. The number of anilines is 3. The standard InChI is InChI=1S/C27H36N8O/c1-19-12-20-5-6-21(23-15-29-34(16-23)18-24-4-3-11-36-24)13-22(20)17-35(19)26-14-25(30-27(28)31-26)33-9-7-32(2)8-10-33/h5-6,13-16,19,24H,3-4,7-12,17-18H2,1-2H3,(H2,28,30,31). The second kappa shape index (κ2) is 9.71. The Labute approximate surface area is 212 Å². The van der Waals surface area contributed by atoms with Crippen molar-refractivity contribution < 1.29 is 4.74 Å². The lowest BCUT2D eigenvalue weighted by atomic mass is 9.92. The number of hydrogen-bond donors (Lipinski definition) is 1. The van der Waals surface area contributed by atoms with Crippen molar-refractivity contribution in [2.24, 2.45) is 0 Å². The second-order valence-electron chi connectivity index (χ2n) is 10.5. The summed E-state index contributed by atoms with van der Waals surface area (Å²) in [5.74, 6) is 2.17. The molecule has 3 aliphatic rings. The average Bonchev–Trinajstić information content (AvgIpc) is 3.56. The first-order valence-electron chi connectivity index (χ1n) is 13.1. The molecule has 3 aromatic rings. The average molecular weight is 489 g/mol. The molecule has 0 amide bonds. The number of ether oxygens (including phenoxy) is 1. The van der Waals surface area contributed by atoms with Gasteiger partial charge in [-0.2, -0.15) is 15.1 Å². The SMILES string of the molecule is CC1Cc2ccc(-c3cnn(CC4CCCO4)c3)cc2CN1c1cc(N2CCN(C)CC2)nc(N)n1. The third-order valence-electron chi connectivity index (χ3n) is 7.81. The maximum atomic E-state index is 6.20. The fourth-order valence-corrected chi connectivity index (χ4v) is 5.62. The Morgan fingerprint density at radius 2 is 1.86 bits per heavy atom. The van der Waals surface area contributed by atoms with Crippen LogP contribution in [0, 0.1) is 0 Å². The van der Waals surface area contributed by atoms with Gasteiger partial charge >= 0.3 is 0 Å². The summed E-state index contributed by atoms with van der Waals surface area (Å²) in [5.41, 5.74) is 11.3. The van der Waals surface area contributed by atoms with E-state index in [1.807, 2.05) is 10.9 Å². The molecule has 9 heteroatoms. The largest absolute Gasteiger partial charge is 0.376 e. The van der Waals surface area contributed by atoms with Crippen LogP contribution in [-0.4, -0.2) is 76.6 Å². The van der Waals surface area contributed by atoms with Gasteiger partial charge in [-0.05, 0) is 56.0 Å². The molecule has 0 aliphatic carbocycles. The van der Waals surface area contributed by atoms with Gasteiger partial charge in [0.15, 0.2) is 0 Å². The van der Waals surface area contributed by atoms with Crippen LogP contribution in [0.4, 0.5) is 17.6 Å². The van der Waals surface area contributed by atoms with Gasteiger partial charge < -0.3 is 25.2 Å². The van der Waals surface area contributed by atoms with E-state index in [1.165, 1.54) is 16.7 Å². The summed E-state index contributed by atoms with van der Waals surface area (Å²) >= 11 is 0. The zero-order chi connectivity index (χ0) is 24.6. The Morgan fingerprint density at radius 3 is 2.67 bits per heavy atom. The van der Waals surface area contributed by atoms with E-state index in [0.29, 0.717) is 12.0 Å². The third-order valence-corrected chi connectivity index (χ3v) is 7.81. The highest BCUT2D eigenvalue weighted by Crippen LogP contribution is 2.32.